The molecular weight excluding hydrogens is 314 g/mol. The lowest BCUT2D eigenvalue weighted by atomic mass is 9.84. The quantitative estimate of drug-likeness (QED) is 0.886. The van der Waals surface area contributed by atoms with Crippen molar-refractivity contribution in [2.75, 3.05) is 14.2 Å². The number of carbonyl (C=O) groups is 1. The van der Waals surface area contributed by atoms with Crippen LogP contribution in [-0.2, 0) is 0 Å². The summed E-state index contributed by atoms with van der Waals surface area (Å²) in [5, 5.41) is 3.52. The molecule has 2 bridgehead atoms. The van der Waals surface area contributed by atoms with Crippen molar-refractivity contribution in [1.82, 2.24) is 5.32 Å². The highest BCUT2D eigenvalue weighted by Gasteiger charge is 2.42. The van der Waals surface area contributed by atoms with Crippen LogP contribution in [0, 0.1) is 17.8 Å². The van der Waals surface area contributed by atoms with Gasteiger partial charge in [-0.3, -0.25) is 4.79 Å². The van der Waals surface area contributed by atoms with E-state index < -0.39 is 0 Å². The largest absolute Gasteiger partial charge is 0.493 e. The van der Waals surface area contributed by atoms with Crippen LogP contribution in [0.1, 0.15) is 43.0 Å². The van der Waals surface area contributed by atoms with E-state index in [0.29, 0.717) is 28.0 Å². The lowest BCUT2D eigenvalue weighted by molar-refractivity contribution is 0.0915. The zero-order chi connectivity index (χ0) is 16.6. The topological polar surface area (TPSA) is 47.6 Å². The summed E-state index contributed by atoms with van der Waals surface area (Å²) in [5.74, 6) is 3.07. The summed E-state index contributed by atoms with van der Waals surface area (Å²) in [6, 6.07) is 3.49. The van der Waals surface area contributed by atoms with Crippen LogP contribution in [-0.4, -0.2) is 26.2 Å². The number of benzene rings is 1. The molecule has 1 aromatic rings. The van der Waals surface area contributed by atoms with Crippen LogP contribution in [0.2, 0.25) is 5.02 Å². The Hall–Kier alpha value is -1.42. The van der Waals surface area contributed by atoms with Gasteiger partial charge in [0, 0.05) is 11.6 Å². The molecule has 0 radical (unpaired) electrons. The molecule has 5 heteroatoms. The molecule has 3 rings (SSSR count). The van der Waals surface area contributed by atoms with Gasteiger partial charge >= 0.3 is 0 Å². The molecule has 23 heavy (non-hydrogen) atoms. The normalized spacial score (nSPS) is 26.9. The molecule has 126 valence electrons. The standard InChI is InChI=1S/C18H24ClNO3/c1-10(14-7-11-4-5-12(14)6-11)20-18(21)13-8-15(19)17(23-3)16(9-13)22-2/h8-12,14H,4-7H2,1-3H3,(H,20,21). The van der Waals surface area contributed by atoms with Gasteiger partial charge in [-0.1, -0.05) is 18.0 Å². The first-order chi connectivity index (χ1) is 11.0. The first kappa shape index (κ1) is 16.4. The van der Waals surface area contributed by atoms with Crippen LogP contribution in [0.15, 0.2) is 12.1 Å². The summed E-state index contributed by atoms with van der Waals surface area (Å²) in [5.41, 5.74) is 0.502. The zero-order valence-corrected chi connectivity index (χ0v) is 14.7. The Bertz CT molecular complexity index is 604. The van der Waals surface area contributed by atoms with Crippen LogP contribution < -0.4 is 14.8 Å². The predicted octanol–water partition coefficient (Wildman–Crippen LogP) is 3.91. The maximum absolute atomic E-state index is 12.6. The molecule has 0 aromatic heterocycles. The van der Waals surface area contributed by atoms with Crippen LogP contribution in [0.3, 0.4) is 0 Å². The Balaban J connectivity index is 1.72. The number of methoxy groups -OCH3 is 2. The molecule has 0 aliphatic heterocycles. The van der Waals surface area contributed by atoms with Gasteiger partial charge in [-0.05, 0) is 56.1 Å². The second-order valence-electron chi connectivity index (χ2n) is 6.79. The van der Waals surface area contributed by atoms with Crippen molar-refractivity contribution in [3.8, 4) is 11.5 Å². The molecule has 1 amide bonds. The van der Waals surface area contributed by atoms with Gasteiger partial charge in [0.05, 0.1) is 19.2 Å². The molecule has 2 saturated carbocycles. The van der Waals surface area contributed by atoms with Crippen molar-refractivity contribution in [2.45, 2.75) is 38.6 Å². The Kier molecular flexibility index (Phi) is 4.72. The summed E-state index contributed by atoms with van der Waals surface area (Å²) in [7, 11) is 3.06. The van der Waals surface area contributed by atoms with Gasteiger partial charge in [0.15, 0.2) is 11.5 Å². The van der Waals surface area contributed by atoms with Crippen LogP contribution >= 0.6 is 11.6 Å². The summed E-state index contributed by atoms with van der Waals surface area (Å²) >= 11 is 6.19. The molecule has 1 aromatic carbocycles. The Morgan fingerprint density at radius 1 is 1.26 bits per heavy atom. The third-order valence-corrected chi connectivity index (χ3v) is 5.77. The van der Waals surface area contributed by atoms with Crippen LogP contribution in [0.5, 0.6) is 11.5 Å². The van der Waals surface area contributed by atoms with Crippen molar-refractivity contribution < 1.29 is 14.3 Å². The predicted molar refractivity (Wildman–Crippen MR) is 90.4 cm³/mol. The molecular formula is C18H24ClNO3. The van der Waals surface area contributed by atoms with Crippen molar-refractivity contribution in [2.24, 2.45) is 17.8 Å². The van der Waals surface area contributed by atoms with Gasteiger partial charge in [-0.15, -0.1) is 0 Å². The van der Waals surface area contributed by atoms with E-state index in [4.69, 9.17) is 21.1 Å². The van der Waals surface area contributed by atoms with Gasteiger partial charge in [0.1, 0.15) is 0 Å². The lowest BCUT2D eigenvalue weighted by Gasteiger charge is -2.28. The molecule has 2 aliphatic carbocycles. The number of rotatable bonds is 5. The molecule has 0 heterocycles. The second-order valence-corrected chi connectivity index (χ2v) is 7.20. The van der Waals surface area contributed by atoms with E-state index in [-0.39, 0.29) is 11.9 Å². The molecule has 1 N–H and O–H groups in total. The fraction of sp³-hybridized carbons (Fsp3) is 0.611. The Morgan fingerprint density at radius 2 is 2.04 bits per heavy atom. The van der Waals surface area contributed by atoms with Gasteiger partial charge in [-0.2, -0.15) is 0 Å². The van der Waals surface area contributed by atoms with Crippen molar-refractivity contribution in [3.05, 3.63) is 22.7 Å². The molecule has 2 fully saturated rings. The smallest absolute Gasteiger partial charge is 0.251 e. The SMILES string of the molecule is COc1cc(C(=O)NC(C)C2CC3CCC2C3)cc(Cl)c1OC. The second kappa shape index (κ2) is 6.60. The minimum absolute atomic E-state index is 0.108. The van der Waals surface area contributed by atoms with Gasteiger partial charge in [0.25, 0.3) is 5.91 Å². The van der Waals surface area contributed by atoms with Crippen molar-refractivity contribution in [3.63, 3.8) is 0 Å². The highest BCUT2D eigenvalue weighted by Crippen LogP contribution is 2.49. The van der Waals surface area contributed by atoms with E-state index in [1.165, 1.54) is 39.9 Å². The summed E-state index contributed by atoms with van der Waals surface area (Å²) < 4.78 is 10.5. The fourth-order valence-corrected chi connectivity index (χ4v) is 4.64. The van der Waals surface area contributed by atoms with E-state index in [9.17, 15) is 4.79 Å². The zero-order valence-electron chi connectivity index (χ0n) is 13.9. The third-order valence-electron chi connectivity index (χ3n) is 5.49. The summed E-state index contributed by atoms with van der Waals surface area (Å²) in [4.78, 5) is 12.6. The number of nitrogens with one attached hydrogen (secondary N) is 1. The number of hydrogen-bond acceptors (Lipinski definition) is 3. The number of carbonyl (C=O) groups excluding carboxylic acids is 1. The van der Waals surface area contributed by atoms with Crippen LogP contribution in [0.4, 0.5) is 0 Å². The molecule has 0 saturated heterocycles. The minimum atomic E-state index is -0.108. The lowest BCUT2D eigenvalue weighted by Crippen LogP contribution is -2.40. The Morgan fingerprint density at radius 3 is 2.61 bits per heavy atom. The number of halogens is 1. The number of amides is 1. The molecule has 2 aliphatic rings. The average molecular weight is 338 g/mol. The van der Waals surface area contributed by atoms with Gasteiger partial charge in [-0.25, -0.2) is 0 Å². The maximum Gasteiger partial charge on any atom is 0.251 e. The van der Waals surface area contributed by atoms with E-state index in [1.54, 1.807) is 12.1 Å². The maximum atomic E-state index is 12.6. The van der Waals surface area contributed by atoms with Crippen molar-refractivity contribution in [1.29, 1.82) is 0 Å². The molecule has 4 atom stereocenters. The van der Waals surface area contributed by atoms with E-state index in [0.717, 1.165) is 11.8 Å². The Labute approximate surface area is 142 Å². The monoisotopic (exact) mass is 337 g/mol. The molecule has 0 spiro atoms. The number of fused-ring (bicyclic) bond motifs is 2. The molecule has 4 unspecified atom stereocenters. The third kappa shape index (κ3) is 3.14. The first-order valence-corrected chi connectivity index (χ1v) is 8.63. The first-order valence-electron chi connectivity index (χ1n) is 8.25. The van der Waals surface area contributed by atoms with Crippen molar-refractivity contribution >= 4 is 17.5 Å². The summed E-state index contributed by atoms with van der Waals surface area (Å²) in [6.45, 7) is 2.12. The highest BCUT2D eigenvalue weighted by molar-refractivity contribution is 6.32. The highest BCUT2D eigenvalue weighted by atomic mass is 35.5. The van der Waals surface area contributed by atoms with Gasteiger partial charge in [0.2, 0.25) is 0 Å². The minimum Gasteiger partial charge on any atom is -0.493 e. The van der Waals surface area contributed by atoms with E-state index in [2.05, 4.69) is 12.2 Å². The number of ether oxygens (including phenoxy) is 2. The van der Waals surface area contributed by atoms with E-state index in [1.807, 2.05) is 0 Å². The number of hydrogen-bond donors (Lipinski definition) is 1. The van der Waals surface area contributed by atoms with Crippen LogP contribution in [0.25, 0.3) is 0 Å². The average Bonchev–Trinajstić information content (AvgIpc) is 3.16. The van der Waals surface area contributed by atoms with E-state index >= 15 is 0 Å². The van der Waals surface area contributed by atoms with Gasteiger partial charge < -0.3 is 14.8 Å². The molecule has 4 nitrogen and oxygen atoms in total. The fourth-order valence-electron chi connectivity index (χ4n) is 4.35. The summed E-state index contributed by atoms with van der Waals surface area (Å²) in [6.07, 6.45) is 5.27.